The molecule has 0 atom stereocenters. The van der Waals surface area contributed by atoms with E-state index in [1.165, 1.54) is 24.8 Å². The minimum atomic E-state index is 0.178. The van der Waals surface area contributed by atoms with Crippen molar-refractivity contribution < 1.29 is 4.79 Å². The molecule has 0 saturated heterocycles. The number of ketones is 1. The van der Waals surface area contributed by atoms with E-state index in [1.807, 2.05) is 36.4 Å². The van der Waals surface area contributed by atoms with Gasteiger partial charge >= 0.3 is 0 Å². The quantitative estimate of drug-likeness (QED) is 0.471. The number of carbonyl (C=O) groups is 1. The summed E-state index contributed by atoms with van der Waals surface area (Å²) in [6, 6.07) is 16.0. The summed E-state index contributed by atoms with van der Waals surface area (Å²) in [5, 5.41) is 0. The average Bonchev–Trinajstić information content (AvgIpc) is 2.50. The van der Waals surface area contributed by atoms with Gasteiger partial charge in [0.05, 0.1) is 0 Å². The molecule has 0 radical (unpaired) electrons. The second-order valence-corrected chi connectivity index (χ2v) is 6.30. The van der Waals surface area contributed by atoms with Gasteiger partial charge in [-0.3, -0.25) is 4.79 Å². The highest BCUT2D eigenvalue weighted by Crippen LogP contribution is 2.14. The summed E-state index contributed by atoms with van der Waals surface area (Å²) in [6.45, 7) is 2.21. The molecule has 2 heteroatoms. The van der Waals surface area contributed by atoms with Crippen molar-refractivity contribution in [1.29, 1.82) is 0 Å². The van der Waals surface area contributed by atoms with E-state index in [2.05, 4.69) is 35.0 Å². The Labute approximate surface area is 135 Å². The van der Waals surface area contributed by atoms with E-state index in [-0.39, 0.29) is 5.78 Å². The highest BCUT2D eigenvalue weighted by Gasteiger charge is 2.07. The number of hydrogen-bond acceptors (Lipinski definition) is 1. The zero-order chi connectivity index (χ0) is 15.1. The third-order valence-electron chi connectivity index (χ3n) is 3.62. The number of hydrogen-bond donors (Lipinski definition) is 0. The molecule has 2 aromatic carbocycles. The zero-order valence-electron chi connectivity index (χ0n) is 12.4. The number of benzene rings is 2. The van der Waals surface area contributed by atoms with Crippen molar-refractivity contribution in [2.75, 3.05) is 0 Å². The van der Waals surface area contributed by atoms with Gasteiger partial charge in [-0.2, -0.15) is 0 Å². The Hall–Kier alpha value is -1.41. The van der Waals surface area contributed by atoms with Gasteiger partial charge in [0.2, 0.25) is 0 Å². The highest BCUT2D eigenvalue weighted by atomic mass is 79.9. The molecule has 21 heavy (non-hydrogen) atoms. The van der Waals surface area contributed by atoms with Gasteiger partial charge in [0, 0.05) is 16.5 Å². The fourth-order valence-corrected chi connectivity index (χ4v) is 2.59. The molecule has 0 aliphatic carbocycles. The Kier molecular flexibility index (Phi) is 6.19. The molecule has 0 unspecified atom stereocenters. The number of halogens is 1. The SMILES string of the molecule is CCCCCc1ccc(C(=O)Cc2ccc(Br)cc2)cc1. The van der Waals surface area contributed by atoms with E-state index >= 15 is 0 Å². The van der Waals surface area contributed by atoms with Crippen molar-refractivity contribution in [2.45, 2.75) is 39.0 Å². The molecule has 110 valence electrons. The van der Waals surface area contributed by atoms with Crippen molar-refractivity contribution >= 4 is 21.7 Å². The number of rotatable bonds is 7. The predicted octanol–water partition coefficient (Wildman–Crippen LogP) is 5.61. The molecule has 0 N–H and O–H groups in total. The van der Waals surface area contributed by atoms with Gasteiger partial charge in [-0.25, -0.2) is 0 Å². The van der Waals surface area contributed by atoms with Crippen LogP contribution in [0, 0.1) is 0 Å². The summed E-state index contributed by atoms with van der Waals surface area (Å²) in [7, 11) is 0. The Bertz CT molecular complexity index is 570. The average molecular weight is 345 g/mol. The lowest BCUT2D eigenvalue weighted by Crippen LogP contribution is -2.03. The molecule has 0 aliphatic heterocycles. The van der Waals surface area contributed by atoms with Gasteiger partial charge in [0.25, 0.3) is 0 Å². The van der Waals surface area contributed by atoms with E-state index in [0.717, 1.165) is 22.0 Å². The lowest BCUT2D eigenvalue weighted by Gasteiger charge is -2.04. The third-order valence-corrected chi connectivity index (χ3v) is 4.15. The number of unbranched alkanes of at least 4 members (excludes halogenated alkanes) is 2. The van der Waals surface area contributed by atoms with Gasteiger partial charge in [-0.05, 0) is 36.1 Å². The summed E-state index contributed by atoms with van der Waals surface area (Å²) in [5.74, 6) is 0.178. The molecular weight excluding hydrogens is 324 g/mol. The molecule has 1 nitrogen and oxygen atoms in total. The molecule has 0 saturated carbocycles. The number of carbonyl (C=O) groups excluding carboxylic acids is 1. The van der Waals surface area contributed by atoms with Crippen molar-refractivity contribution in [3.8, 4) is 0 Å². The van der Waals surface area contributed by atoms with Crippen LogP contribution in [0.25, 0.3) is 0 Å². The second-order valence-electron chi connectivity index (χ2n) is 5.38. The summed E-state index contributed by atoms with van der Waals surface area (Å²) in [4.78, 5) is 12.3. The van der Waals surface area contributed by atoms with Crippen LogP contribution < -0.4 is 0 Å². The smallest absolute Gasteiger partial charge is 0.167 e. The van der Waals surface area contributed by atoms with E-state index < -0.39 is 0 Å². The van der Waals surface area contributed by atoms with Gasteiger partial charge in [-0.15, -0.1) is 0 Å². The molecule has 0 bridgehead atoms. The van der Waals surface area contributed by atoms with Gasteiger partial charge in [-0.1, -0.05) is 72.1 Å². The lowest BCUT2D eigenvalue weighted by molar-refractivity contribution is 0.0993. The monoisotopic (exact) mass is 344 g/mol. The fraction of sp³-hybridized carbons (Fsp3) is 0.316. The van der Waals surface area contributed by atoms with Crippen LogP contribution in [0.3, 0.4) is 0 Å². The molecule has 0 aliphatic rings. The first-order valence-corrected chi connectivity index (χ1v) is 8.35. The lowest BCUT2D eigenvalue weighted by atomic mass is 10.0. The minimum absolute atomic E-state index is 0.178. The maximum absolute atomic E-state index is 12.3. The molecule has 0 fully saturated rings. The summed E-state index contributed by atoms with van der Waals surface area (Å²) < 4.78 is 1.04. The van der Waals surface area contributed by atoms with Crippen LogP contribution in [0.1, 0.15) is 47.7 Å². The topological polar surface area (TPSA) is 17.1 Å². The van der Waals surface area contributed by atoms with Crippen molar-refractivity contribution in [3.05, 3.63) is 69.7 Å². The van der Waals surface area contributed by atoms with E-state index in [9.17, 15) is 4.79 Å². The summed E-state index contributed by atoms with van der Waals surface area (Å²) in [5.41, 5.74) is 3.18. The molecule has 2 aromatic rings. The van der Waals surface area contributed by atoms with Gasteiger partial charge < -0.3 is 0 Å². The Morgan fingerprint density at radius 3 is 2.14 bits per heavy atom. The van der Waals surface area contributed by atoms with Crippen molar-refractivity contribution in [2.24, 2.45) is 0 Å². The maximum atomic E-state index is 12.3. The van der Waals surface area contributed by atoms with Crippen molar-refractivity contribution in [1.82, 2.24) is 0 Å². The van der Waals surface area contributed by atoms with E-state index in [1.54, 1.807) is 0 Å². The van der Waals surface area contributed by atoms with Gasteiger partial charge in [0.1, 0.15) is 0 Å². The zero-order valence-corrected chi connectivity index (χ0v) is 14.0. The van der Waals surface area contributed by atoms with Crippen LogP contribution >= 0.6 is 15.9 Å². The normalized spacial score (nSPS) is 10.6. The second kappa shape index (κ2) is 8.14. The molecule has 2 rings (SSSR count). The fourth-order valence-electron chi connectivity index (χ4n) is 2.33. The van der Waals surface area contributed by atoms with E-state index in [0.29, 0.717) is 6.42 Å². The standard InChI is InChI=1S/C19H21BrO/c1-2-3-4-5-15-6-10-17(11-7-15)19(21)14-16-8-12-18(20)13-9-16/h6-13H,2-5,14H2,1H3. The summed E-state index contributed by atoms with van der Waals surface area (Å²) in [6.07, 6.45) is 5.30. The van der Waals surface area contributed by atoms with Crippen molar-refractivity contribution in [3.63, 3.8) is 0 Å². The van der Waals surface area contributed by atoms with Crippen LogP contribution in [-0.4, -0.2) is 5.78 Å². The van der Waals surface area contributed by atoms with Crippen LogP contribution in [-0.2, 0) is 12.8 Å². The molecule has 0 aromatic heterocycles. The Morgan fingerprint density at radius 2 is 1.52 bits per heavy atom. The molecule has 0 amide bonds. The molecule has 0 spiro atoms. The van der Waals surface area contributed by atoms with Crippen LogP contribution in [0.4, 0.5) is 0 Å². The summed E-state index contributed by atoms with van der Waals surface area (Å²) >= 11 is 3.41. The largest absolute Gasteiger partial charge is 0.294 e. The number of Topliss-reactive ketones (excluding diaryl/α,β-unsaturated/α-hetero) is 1. The Morgan fingerprint density at radius 1 is 0.905 bits per heavy atom. The predicted molar refractivity (Wildman–Crippen MR) is 91.8 cm³/mol. The first kappa shape index (κ1) is 16.0. The maximum Gasteiger partial charge on any atom is 0.167 e. The minimum Gasteiger partial charge on any atom is -0.294 e. The highest BCUT2D eigenvalue weighted by molar-refractivity contribution is 9.10. The van der Waals surface area contributed by atoms with Crippen LogP contribution in [0.5, 0.6) is 0 Å². The van der Waals surface area contributed by atoms with Crippen LogP contribution in [0.15, 0.2) is 53.0 Å². The molecular formula is C19H21BrO. The first-order valence-electron chi connectivity index (χ1n) is 7.55. The van der Waals surface area contributed by atoms with E-state index in [4.69, 9.17) is 0 Å². The molecule has 0 heterocycles. The number of aryl methyl sites for hydroxylation is 1. The van der Waals surface area contributed by atoms with Gasteiger partial charge in [0.15, 0.2) is 5.78 Å². The third kappa shape index (κ3) is 5.13. The van der Waals surface area contributed by atoms with Crippen LogP contribution in [0.2, 0.25) is 0 Å². The first-order chi connectivity index (χ1) is 10.2. The Balaban J connectivity index is 1.94.